The first-order valence-corrected chi connectivity index (χ1v) is 5.95. The Morgan fingerprint density at radius 1 is 1.37 bits per heavy atom. The number of carbonyl (C=O) groups is 2. The van der Waals surface area contributed by atoms with Crippen LogP contribution in [-0.4, -0.2) is 17.9 Å². The Bertz CT molecular complexity index is 466. The summed E-state index contributed by atoms with van der Waals surface area (Å²) in [5.74, 6) is -0.470. The SMILES string of the molecule is CC[C@H](N)C(=O)Nc1ccc(NC(C)=O)c(Cl)c1.Cl. The van der Waals surface area contributed by atoms with Gasteiger partial charge < -0.3 is 16.4 Å². The predicted octanol–water partition coefficient (Wildman–Crippen LogP) is 2.40. The largest absolute Gasteiger partial charge is 0.325 e. The molecular weight excluding hydrogens is 289 g/mol. The fourth-order valence-electron chi connectivity index (χ4n) is 1.30. The molecule has 0 saturated carbocycles. The smallest absolute Gasteiger partial charge is 0.241 e. The van der Waals surface area contributed by atoms with Crippen LogP contribution in [0.3, 0.4) is 0 Å². The van der Waals surface area contributed by atoms with Gasteiger partial charge in [-0.05, 0) is 24.6 Å². The summed E-state index contributed by atoms with van der Waals surface area (Å²) in [6.45, 7) is 3.23. The van der Waals surface area contributed by atoms with Gasteiger partial charge in [0, 0.05) is 12.6 Å². The average molecular weight is 306 g/mol. The van der Waals surface area contributed by atoms with Gasteiger partial charge in [0.15, 0.2) is 0 Å². The minimum Gasteiger partial charge on any atom is -0.325 e. The third-order valence-electron chi connectivity index (χ3n) is 2.32. The maximum absolute atomic E-state index is 11.6. The van der Waals surface area contributed by atoms with Crippen molar-refractivity contribution in [3.05, 3.63) is 23.2 Å². The topological polar surface area (TPSA) is 84.2 Å². The molecular formula is C12H17Cl2N3O2. The van der Waals surface area contributed by atoms with Gasteiger partial charge in [0.25, 0.3) is 0 Å². The quantitative estimate of drug-likeness (QED) is 0.798. The van der Waals surface area contributed by atoms with E-state index in [4.69, 9.17) is 17.3 Å². The van der Waals surface area contributed by atoms with Crippen molar-refractivity contribution in [3.63, 3.8) is 0 Å². The molecule has 0 saturated heterocycles. The highest BCUT2D eigenvalue weighted by atomic mass is 35.5. The molecule has 0 heterocycles. The van der Waals surface area contributed by atoms with Gasteiger partial charge in [0.1, 0.15) is 0 Å². The van der Waals surface area contributed by atoms with Gasteiger partial charge in [-0.2, -0.15) is 0 Å². The highest BCUT2D eigenvalue weighted by molar-refractivity contribution is 6.34. The predicted molar refractivity (Wildman–Crippen MR) is 79.9 cm³/mol. The van der Waals surface area contributed by atoms with Gasteiger partial charge in [-0.3, -0.25) is 9.59 Å². The van der Waals surface area contributed by atoms with E-state index in [-0.39, 0.29) is 24.2 Å². The standard InChI is InChI=1S/C12H16ClN3O2.ClH/c1-3-10(14)12(18)16-8-4-5-11(9(13)6-8)15-7(2)17;/h4-6,10H,3,14H2,1-2H3,(H,15,17)(H,16,18);1H/t10-;/m0./s1. The van der Waals surface area contributed by atoms with Crippen LogP contribution in [0.25, 0.3) is 0 Å². The van der Waals surface area contributed by atoms with Crippen molar-refractivity contribution in [3.8, 4) is 0 Å². The summed E-state index contributed by atoms with van der Waals surface area (Å²) >= 11 is 5.97. The zero-order valence-corrected chi connectivity index (χ0v) is 12.3. The lowest BCUT2D eigenvalue weighted by Crippen LogP contribution is -2.34. The van der Waals surface area contributed by atoms with Gasteiger partial charge in [0.2, 0.25) is 11.8 Å². The van der Waals surface area contributed by atoms with E-state index < -0.39 is 6.04 Å². The normalized spacial score (nSPS) is 11.2. The maximum Gasteiger partial charge on any atom is 0.241 e. The minimum absolute atomic E-state index is 0. The number of hydrogen-bond acceptors (Lipinski definition) is 3. The molecule has 0 radical (unpaired) electrons. The van der Waals surface area contributed by atoms with Crippen LogP contribution in [0.5, 0.6) is 0 Å². The van der Waals surface area contributed by atoms with Gasteiger partial charge in [-0.25, -0.2) is 0 Å². The Morgan fingerprint density at radius 2 is 2.00 bits per heavy atom. The van der Waals surface area contributed by atoms with E-state index in [1.54, 1.807) is 18.2 Å². The molecule has 4 N–H and O–H groups in total. The van der Waals surface area contributed by atoms with Gasteiger partial charge in [-0.15, -0.1) is 12.4 Å². The van der Waals surface area contributed by atoms with Gasteiger partial charge in [0.05, 0.1) is 16.8 Å². The van der Waals surface area contributed by atoms with Crippen LogP contribution in [0.2, 0.25) is 5.02 Å². The molecule has 1 atom stereocenters. The minimum atomic E-state index is -0.543. The van der Waals surface area contributed by atoms with Crippen LogP contribution in [0.1, 0.15) is 20.3 Å². The molecule has 7 heteroatoms. The highest BCUT2D eigenvalue weighted by Gasteiger charge is 2.11. The van der Waals surface area contributed by atoms with E-state index in [1.807, 2.05) is 6.92 Å². The van der Waals surface area contributed by atoms with Crippen molar-refractivity contribution in [2.24, 2.45) is 5.73 Å². The van der Waals surface area contributed by atoms with E-state index in [2.05, 4.69) is 10.6 Å². The maximum atomic E-state index is 11.6. The fourth-order valence-corrected chi connectivity index (χ4v) is 1.53. The number of hydrogen-bond donors (Lipinski definition) is 3. The van der Waals surface area contributed by atoms with E-state index in [0.717, 1.165) is 0 Å². The number of anilines is 2. The lowest BCUT2D eigenvalue weighted by molar-refractivity contribution is -0.117. The first-order chi connectivity index (χ1) is 8.43. The molecule has 0 spiro atoms. The lowest BCUT2D eigenvalue weighted by atomic mass is 10.2. The number of halogens is 2. The molecule has 0 aliphatic carbocycles. The number of carbonyl (C=O) groups excluding carboxylic acids is 2. The Kier molecular flexibility index (Phi) is 7.44. The molecule has 1 aromatic carbocycles. The molecule has 0 fully saturated rings. The first-order valence-electron chi connectivity index (χ1n) is 5.57. The summed E-state index contributed by atoms with van der Waals surface area (Å²) in [6, 6.07) is 4.29. The van der Waals surface area contributed by atoms with Crippen LogP contribution in [0.15, 0.2) is 18.2 Å². The van der Waals surface area contributed by atoms with Crippen molar-refractivity contribution in [2.45, 2.75) is 26.3 Å². The summed E-state index contributed by atoms with van der Waals surface area (Å²) in [5, 5.41) is 5.59. The van der Waals surface area contributed by atoms with Gasteiger partial charge >= 0.3 is 0 Å². The summed E-state index contributed by atoms with van der Waals surface area (Å²) in [6.07, 6.45) is 0.559. The molecule has 106 valence electrons. The average Bonchev–Trinajstić information content (AvgIpc) is 2.31. The monoisotopic (exact) mass is 305 g/mol. The van der Waals surface area contributed by atoms with Crippen LogP contribution >= 0.6 is 24.0 Å². The van der Waals surface area contributed by atoms with E-state index >= 15 is 0 Å². The second-order valence-corrected chi connectivity index (χ2v) is 4.29. The first kappa shape index (κ1) is 17.7. The van der Waals surface area contributed by atoms with E-state index in [0.29, 0.717) is 22.8 Å². The lowest BCUT2D eigenvalue weighted by Gasteiger charge is -2.11. The molecule has 5 nitrogen and oxygen atoms in total. The Labute approximate surface area is 123 Å². The van der Waals surface area contributed by atoms with Crippen molar-refractivity contribution in [2.75, 3.05) is 10.6 Å². The fraction of sp³-hybridized carbons (Fsp3) is 0.333. The van der Waals surface area contributed by atoms with Crippen LogP contribution in [0.4, 0.5) is 11.4 Å². The van der Waals surface area contributed by atoms with Crippen molar-refractivity contribution < 1.29 is 9.59 Å². The Morgan fingerprint density at radius 3 is 2.47 bits per heavy atom. The molecule has 2 amide bonds. The summed E-state index contributed by atoms with van der Waals surface area (Å²) in [5.41, 5.74) is 6.64. The van der Waals surface area contributed by atoms with Crippen LogP contribution in [0, 0.1) is 0 Å². The van der Waals surface area contributed by atoms with Crippen LogP contribution in [-0.2, 0) is 9.59 Å². The summed E-state index contributed by atoms with van der Waals surface area (Å²) in [4.78, 5) is 22.5. The van der Waals surface area contributed by atoms with E-state index in [1.165, 1.54) is 6.92 Å². The summed E-state index contributed by atoms with van der Waals surface area (Å²) < 4.78 is 0. The number of nitrogens with one attached hydrogen (secondary N) is 2. The third kappa shape index (κ3) is 5.46. The molecule has 1 rings (SSSR count). The number of amides is 2. The Balaban J connectivity index is 0.00000324. The molecule has 0 bridgehead atoms. The van der Waals surface area contributed by atoms with Gasteiger partial charge in [-0.1, -0.05) is 18.5 Å². The van der Waals surface area contributed by atoms with Crippen molar-refractivity contribution >= 4 is 47.2 Å². The zero-order valence-electron chi connectivity index (χ0n) is 10.7. The molecule has 0 aliphatic rings. The molecule has 0 unspecified atom stereocenters. The zero-order chi connectivity index (χ0) is 13.7. The highest BCUT2D eigenvalue weighted by Crippen LogP contribution is 2.25. The molecule has 0 aliphatic heterocycles. The molecule has 0 aromatic heterocycles. The van der Waals surface area contributed by atoms with Crippen LogP contribution < -0.4 is 16.4 Å². The number of benzene rings is 1. The van der Waals surface area contributed by atoms with Crippen molar-refractivity contribution in [1.82, 2.24) is 0 Å². The molecule has 1 aromatic rings. The summed E-state index contributed by atoms with van der Waals surface area (Å²) in [7, 11) is 0. The second kappa shape index (κ2) is 7.99. The third-order valence-corrected chi connectivity index (χ3v) is 2.64. The Hall–Kier alpha value is -1.30. The second-order valence-electron chi connectivity index (χ2n) is 3.88. The van der Waals surface area contributed by atoms with E-state index in [9.17, 15) is 9.59 Å². The van der Waals surface area contributed by atoms with Crippen molar-refractivity contribution in [1.29, 1.82) is 0 Å². The molecule has 19 heavy (non-hydrogen) atoms. The number of nitrogens with two attached hydrogens (primary N) is 1. The number of rotatable bonds is 4.